The van der Waals surface area contributed by atoms with Crippen LogP contribution in [0.15, 0.2) is 45.6 Å². The molecule has 0 fully saturated rings. The van der Waals surface area contributed by atoms with Crippen molar-refractivity contribution in [3.63, 3.8) is 0 Å². The van der Waals surface area contributed by atoms with E-state index >= 15 is 0 Å². The van der Waals surface area contributed by atoms with Crippen molar-refractivity contribution in [3.8, 4) is 0 Å². The topological polar surface area (TPSA) is 58.0 Å². The molecule has 0 bridgehead atoms. The quantitative estimate of drug-likeness (QED) is 0.667. The molecule has 21 heavy (non-hydrogen) atoms. The number of rotatable bonds is 3. The lowest BCUT2D eigenvalue weighted by Crippen LogP contribution is -2.18. The van der Waals surface area contributed by atoms with Crippen molar-refractivity contribution >= 4 is 33.7 Å². The van der Waals surface area contributed by atoms with Crippen molar-refractivity contribution in [1.29, 1.82) is 0 Å². The van der Waals surface area contributed by atoms with Crippen LogP contribution in [0.25, 0.3) is 11.1 Å². The first-order valence-electron chi connectivity index (χ1n) is 6.33. The molecule has 2 N–H and O–H groups in total. The van der Waals surface area contributed by atoms with Crippen molar-refractivity contribution < 1.29 is 8.81 Å². The average Bonchev–Trinajstić information content (AvgIpc) is 2.81. The Morgan fingerprint density at radius 3 is 2.81 bits per heavy atom. The van der Waals surface area contributed by atoms with Gasteiger partial charge in [-0.15, -0.1) is 0 Å². The Morgan fingerprint density at radius 2 is 2.10 bits per heavy atom. The SMILES string of the molecule is CNC(c1ccc2[nH]c(=O)oc2c1)c1ccc(F)cc1I. The van der Waals surface area contributed by atoms with Crippen molar-refractivity contribution in [2.75, 3.05) is 7.05 Å². The number of halogens is 2. The van der Waals surface area contributed by atoms with E-state index in [1.54, 1.807) is 12.1 Å². The molecule has 0 saturated carbocycles. The highest BCUT2D eigenvalue weighted by Gasteiger charge is 2.16. The minimum atomic E-state index is -0.473. The van der Waals surface area contributed by atoms with Crippen LogP contribution in [0.5, 0.6) is 0 Å². The molecule has 0 amide bonds. The zero-order valence-electron chi connectivity index (χ0n) is 11.1. The summed E-state index contributed by atoms with van der Waals surface area (Å²) in [6, 6.07) is 10.1. The third-order valence-electron chi connectivity index (χ3n) is 3.34. The maximum Gasteiger partial charge on any atom is 0.417 e. The summed E-state index contributed by atoms with van der Waals surface area (Å²) in [5.41, 5.74) is 3.08. The molecule has 3 rings (SSSR count). The molecule has 0 aliphatic rings. The second-order valence-electron chi connectivity index (χ2n) is 4.66. The summed E-state index contributed by atoms with van der Waals surface area (Å²) < 4.78 is 19.2. The van der Waals surface area contributed by atoms with Crippen LogP contribution in [0.1, 0.15) is 17.2 Å². The van der Waals surface area contributed by atoms with Crippen LogP contribution in [0, 0.1) is 9.39 Å². The Labute approximate surface area is 133 Å². The summed E-state index contributed by atoms with van der Waals surface area (Å²) in [6.07, 6.45) is 0. The van der Waals surface area contributed by atoms with Gasteiger partial charge >= 0.3 is 5.76 Å². The van der Waals surface area contributed by atoms with Gasteiger partial charge in [0.2, 0.25) is 0 Å². The molecule has 6 heteroatoms. The van der Waals surface area contributed by atoms with Crippen molar-refractivity contribution in [1.82, 2.24) is 10.3 Å². The predicted molar refractivity (Wildman–Crippen MR) is 86.9 cm³/mol. The Kier molecular flexibility index (Phi) is 3.81. The van der Waals surface area contributed by atoms with Gasteiger partial charge in [0, 0.05) is 3.57 Å². The smallest absolute Gasteiger partial charge is 0.408 e. The second kappa shape index (κ2) is 5.61. The summed E-state index contributed by atoms with van der Waals surface area (Å²) >= 11 is 2.11. The van der Waals surface area contributed by atoms with E-state index < -0.39 is 5.76 Å². The summed E-state index contributed by atoms with van der Waals surface area (Å²) in [4.78, 5) is 13.8. The molecule has 0 radical (unpaired) electrons. The van der Waals surface area contributed by atoms with E-state index in [0.717, 1.165) is 14.7 Å². The average molecular weight is 398 g/mol. The molecule has 2 aromatic carbocycles. The minimum Gasteiger partial charge on any atom is -0.408 e. The summed E-state index contributed by atoms with van der Waals surface area (Å²) in [7, 11) is 1.83. The molecule has 1 aromatic heterocycles. The first-order valence-corrected chi connectivity index (χ1v) is 7.41. The monoisotopic (exact) mass is 398 g/mol. The van der Waals surface area contributed by atoms with E-state index in [4.69, 9.17) is 4.42 Å². The molecule has 0 aliphatic heterocycles. The van der Waals surface area contributed by atoms with Crippen molar-refractivity contribution in [2.24, 2.45) is 0 Å². The lowest BCUT2D eigenvalue weighted by atomic mass is 9.98. The Morgan fingerprint density at radius 1 is 1.29 bits per heavy atom. The highest BCUT2D eigenvalue weighted by Crippen LogP contribution is 2.28. The van der Waals surface area contributed by atoms with Gasteiger partial charge in [-0.25, -0.2) is 9.18 Å². The maximum absolute atomic E-state index is 13.2. The standard InChI is InChI=1S/C15H12FIN2O2/c1-18-14(10-4-3-9(16)7-11(10)17)8-2-5-12-13(6-8)21-15(20)19-12/h2-7,14,18H,1H3,(H,19,20). The number of benzene rings is 2. The Bertz CT molecular complexity index is 856. The number of hydrogen-bond donors (Lipinski definition) is 2. The summed E-state index contributed by atoms with van der Waals surface area (Å²) in [5.74, 6) is -0.732. The first-order chi connectivity index (χ1) is 10.1. The van der Waals surface area contributed by atoms with Gasteiger partial charge in [0.1, 0.15) is 5.82 Å². The molecular formula is C15H12FIN2O2. The molecular weight excluding hydrogens is 386 g/mol. The van der Waals surface area contributed by atoms with E-state index in [1.165, 1.54) is 12.1 Å². The van der Waals surface area contributed by atoms with E-state index in [2.05, 4.69) is 32.9 Å². The fourth-order valence-electron chi connectivity index (χ4n) is 2.38. The van der Waals surface area contributed by atoms with Crippen LogP contribution >= 0.6 is 22.6 Å². The number of hydrogen-bond acceptors (Lipinski definition) is 3. The third kappa shape index (κ3) is 2.73. The third-order valence-corrected chi connectivity index (χ3v) is 4.27. The lowest BCUT2D eigenvalue weighted by Gasteiger charge is -2.18. The van der Waals surface area contributed by atoms with E-state index in [0.29, 0.717) is 11.1 Å². The van der Waals surface area contributed by atoms with E-state index in [-0.39, 0.29) is 11.9 Å². The van der Waals surface area contributed by atoms with Crippen LogP contribution in [-0.4, -0.2) is 12.0 Å². The maximum atomic E-state index is 13.2. The number of aromatic nitrogens is 1. The highest BCUT2D eigenvalue weighted by atomic mass is 127. The summed E-state index contributed by atoms with van der Waals surface area (Å²) in [5, 5.41) is 3.21. The largest absolute Gasteiger partial charge is 0.417 e. The molecule has 1 atom stereocenters. The van der Waals surface area contributed by atoms with Crippen molar-refractivity contribution in [2.45, 2.75) is 6.04 Å². The van der Waals surface area contributed by atoms with Gasteiger partial charge in [-0.05, 0) is 65.0 Å². The molecule has 1 unspecified atom stereocenters. The van der Waals surface area contributed by atoms with Crippen molar-refractivity contribution in [3.05, 3.63) is 67.5 Å². The molecule has 0 spiro atoms. The Hall–Kier alpha value is -1.67. The summed E-state index contributed by atoms with van der Waals surface area (Å²) in [6.45, 7) is 0. The Balaban J connectivity index is 2.10. The molecule has 0 saturated heterocycles. The van der Waals surface area contributed by atoms with Gasteiger partial charge in [0.15, 0.2) is 5.58 Å². The van der Waals surface area contributed by atoms with Crippen LogP contribution in [-0.2, 0) is 0 Å². The zero-order valence-corrected chi connectivity index (χ0v) is 13.3. The number of oxazole rings is 1. The molecule has 108 valence electrons. The van der Waals surface area contributed by atoms with Gasteiger partial charge < -0.3 is 9.73 Å². The van der Waals surface area contributed by atoms with Crippen LogP contribution in [0.3, 0.4) is 0 Å². The predicted octanol–water partition coefficient (Wildman–Crippen LogP) is 3.17. The van der Waals surface area contributed by atoms with Gasteiger partial charge in [-0.1, -0.05) is 12.1 Å². The van der Waals surface area contributed by atoms with Gasteiger partial charge in [0.05, 0.1) is 11.6 Å². The number of fused-ring (bicyclic) bond motifs is 1. The molecule has 4 nitrogen and oxygen atoms in total. The molecule has 3 aromatic rings. The molecule has 1 heterocycles. The minimum absolute atomic E-state index is 0.109. The van der Waals surface area contributed by atoms with Gasteiger partial charge in [0.25, 0.3) is 0 Å². The fourth-order valence-corrected chi connectivity index (χ4v) is 3.17. The van der Waals surface area contributed by atoms with E-state index in [9.17, 15) is 9.18 Å². The first kappa shape index (κ1) is 14.3. The zero-order chi connectivity index (χ0) is 15.0. The van der Waals surface area contributed by atoms with Crippen LogP contribution < -0.4 is 11.1 Å². The fraction of sp³-hybridized carbons (Fsp3) is 0.133. The number of aromatic amines is 1. The van der Waals surface area contributed by atoms with Crippen LogP contribution in [0.2, 0.25) is 0 Å². The van der Waals surface area contributed by atoms with E-state index in [1.807, 2.05) is 19.2 Å². The van der Waals surface area contributed by atoms with Gasteiger partial charge in [-0.2, -0.15) is 0 Å². The van der Waals surface area contributed by atoms with Crippen LogP contribution in [0.4, 0.5) is 4.39 Å². The molecule has 0 aliphatic carbocycles. The highest BCUT2D eigenvalue weighted by molar-refractivity contribution is 14.1. The number of H-pyrrole nitrogens is 1. The number of nitrogens with one attached hydrogen (secondary N) is 2. The second-order valence-corrected chi connectivity index (χ2v) is 5.82. The lowest BCUT2D eigenvalue weighted by molar-refractivity contribution is 0.554. The normalized spacial score (nSPS) is 12.7. The van der Waals surface area contributed by atoms with Gasteiger partial charge in [-0.3, -0.25) is 4.98 Å².